The quantitative estimate of drug-likeness (QED) is 0.198. The van der Waals surface area contributed by atoms with E-state index in [0.29, 0.717) is 24.2 Å². The van der Waals surface area contributed by atoms with Crippen molar-refractivity contribution < 1.29 is 43.4 Å². The van der Waals surface area contributed by atoms with Gasteiger partial charge in [-0.1, -0.05) is 73.9 Å². The van der Waals surface area contributed by atoms with Crippen LogP contribution in [0.2, 0.25) is 23.2 Å². The third kappa shape index (κ3) is 8.65. The summed E-state index contributed by atoms with van der Waals surface area (Å²) in [4.78, 5) is 47.2. The van der Waals surface area contributed by atoms with Gasteiger partial charge in [0.25, 0.3) is 0 Å². The second-order valence-corrected chi connectivity index (χ2v) is 19.7. The third-order valence-corrected chi connectivity index (χ3v) is 13.0. The van der Waals surface area contributed by atoms with Crippen molar-refractivity contribution in [2.24, 2.45) is 0 Å². The molecule has 1 fully saturated rings. The van der Waals surface area contributed by atoms with E-state index >= 15 is 0 Å². The largest absolute Gasteiger partial charge is 0.533 e. The molecule has 1 amide bonds. The molecule has 1 aromatic carbocycles. The molecule has 1 heterocycles. The molecular formula is C30H47ClN4O9Si. The highest BCUT2D eigenvalue weighted by molar-refractivity contribution is 6.74. The maximum absolute atomic E-state index is 12.3. The molecule has 0 aliphatic carbocycles. The van der Waals surface area contributed by atoms with E-state index in [9.17, 15) is 29.9 Å². The Labute approximate surface area is 271 Å². The van der Waals surface area contributed by atoms with Crippen LogP contribution in [0.4, 0.5) is 25.8 Å². The summed E-state index contributed by atoms with van der Waals surface area (Å²) in [5.41, 5.74) is -0.417. The summed E-state index contributed by atoms with van der Waals surface area (Å²) in [6, 6.07) is 1.87. The number of nitriles is 1. The van der Waals surface area contributed by atoms with Gasteiger partial charge in [-0.2, -0.15) is 5.26 Å². The fourth-order valence-electron chi connectivity index (χ4n) is 5.16. The van der Waals surface area contributed by atoms with Gasteiger partial charge in [0.1, 0.15) is 5.69 Å². The summed E-state index contributed by atoms with van der Waals surface area (Å²) in [6.45, 7) is 22.2. The zero-order chi connectivity index (χ0) is 34.9. The van der Waals surface area contributed by atoms with Crippen molar-refractivity contribution >= 4 is 49.7 Å². The van der Waals surface area contributed by atoms with Crippen molar-refractivity contribution in [1.82, 2.24) is 5.32 Å². The number of carbonyl (C=O) groups is 3. The van der Waals surface area contributed by atoms with Crippen molar-refractivity contribution in [2.75, 3.05) is 30.3 Å². The lowest BCUT2D eigenvalue weighted by molar-refractivity contribution is -0.0457. The number of amides is 1. The zero-order valence-corrected chi connectivity index (χ0v) is 30.0. The fourth-order valence-corrected chi connectivity index (χ4v) is 6.88. The lowest BCUT2D eigenvalue weighted by Crippen LogP contribution is -2.59. The first-order valence-corrected chi connectivity index (χ1v) is 17.9. The summed E-state index contributed by atoms with van der Waals surface area (Å²) in [6.07, 6.45) is -4.43. The Morgan fingerprint density at radius 1 is 1.00 bits per heavy atom. The highest BCUT2D eigenvalue weighted by atomic mass is 35.5. The van der Waals surface area contributed by atoms with E-state index in [0.717, 1.165) is 0 Å². The number of nitrogens with zero attached hydrogens (tertiary/aromatic N) is 3. The Morgan fingerprint density at radius 3 is 1.91 bits per heavy atom. The second-order valence-electron chi connectivity index (χ2n) is 14.6. The van der Waals surface area contributed by atoms with Gasteiger partial charge in [-0.3, -0.25) is 9.68 Å². The van der Waals surface area contributed by atoms with E-state index in [-0.39, 0.29) is 38.6 Å². The van der Waals surface area contributed by atoms with Crippen LogP contribution in [0.15, 0.2) is 0 Å². The lowest BCUT2D eigenvalue weighted by Gasteiger charge is -2.47. The lowest BCUT2D eigenvalue weighted by atomic mass is 9.74. The predicted molar refractivity (Wildman–Crippen MR) is 172 cm³/mol. The number of hydrogen-bond donors (Lipinski definition) is 3. The first kappa shape index (κ1) is 37.8. The van der Waals surface area contributed by atoms with E-state index in [1.807, 2.05) is 25.7 Å². The number of benzene rings is 1. The molecule has 2 rings (SSSR count). The molecule has 1 saturated heterocycles. The monoisotopic (exact) mass is 670 g/mol. The van der Waals surface area contributed by atoms with Crippen molar-refractivity contribution in [3.63, 3.8) is 0 Å². The molecule has 13 nitrogen and oxygen atoms in total. The smallest absolute Gasteiger partial charge is 0.453 e. The molecule has 0 saturated carbocycles. The molecule has 1 aliphatic heterocycles. The topological polar surface area (TPSA) is 171 Å². The molecule has 2 atom stereocenters. The van der Waals surface area contributed by atoms with Gasteiger partial charge in [0.2, 0.25) is 0 Å². The van der Waals surface area contributed by atoms with Crippen LogP contribution in [0.25, 0.3) is 0 Å². The number of carbonyl (C=O) groups excluding carboxylic acids is 1. The minimum absolute atomic E-state index is 0.0724. The van der Waals surface area contributed by atoms with Crippen LogP contribution in [0.1, 0.15) is 85.4 Å². The van der Waals surface area contributed by atoms with Crippen LogP contribution in [0.3, 0.4) is 0 Å². The van der Waals surface area contributed by atoms with E-state index < -0.39 is 49.7 Å². The molecule has 0 bridgehead atoms. The Bertz CT molecular complexity index is 1330. The normalized spacial score (nSPS) is 17.6. The van der Waals surface area contributed by atoms with Crippen LogP contribution >= 0.6 is 11.6 Å². The van der Waals surface area contributed by atoms with Crippen LogP contribution in [0.5, 0.6) is 0 Å². The van der Waals surface area contributed by atoms with Crippen LogP contribution in [0, 0.1) is 11.3 Å². The van der Waals surface area contributed by atoms with Crippen molar-refractivity contribution in [2.45, 2.75) is 110 Å². The van der Waals surface area contributed by atoms with E-state index in [1.54, 1.807) is 20.8 Å². The van der Waals surface area contributed by atoms with Crippen LogP contribution in [-0.2, 0) is 29.7 Å². The standard InChI is InChI=1S/C30H47ClN4O9Si/c1-28(2,3)20-17(15-32)21(29(4,5)6)24(35(42-26(37)38)43-27(39)40)22(31)23(20)34-14-13-18(33-25(36)41-10)19(16-34)44-45(11,12)30(7,8)9/h18-19H,13-14,16H2,1-12H3,(H,33,36)(H,37,38)(H,39,40)/t18-,19-/m0/s1. The highest BCUT2D eigenvalue weighted by Crippen LogP contribution is 2.51. The van der Waals surface area contributed by atoms with Gasteiger partial charge in [0, 0.05) is 24.2 Å². The Balaban J connectivity index is 2.99. The van der Waals surface area contributed by atoms with E-state index in [2.05, 4.69) is 45.3 Å². The zero-order valence-electron chi connectivity index (χ0n) is 28.2. The minimum Gasteiger partial charge on any atom is -0.453 e. The SMILES string of the molecule is COC(=O)N[C@H]1CCN(c2c(Cl)c(N(OC(=O)O)OC(=O)O)c(C(C)(C)C)c(C#N)c2C(C)(C)C)C[C@@H]1O[Si](C)(C)C(C)(C)C. The number of rotatable bonds is 7. The fraction of sp³-hybridized carbons (Fsp3) is 0.667. The molecule has 3 N–H and O–H groups in total. The molecule has 0 aromatic heterocycles. The average Bonchev–Trinajstić information content (AvgIpc) is 2.85. The molecule has 15 heteroatoms. The minimum atomic E-state index is -2.39. The van der Waals surface area contributed by atoms with E-state index in [1.165, 1.54) is 7.11 Å². The average molecular weight is 671 g/mol. The van der Waals surface area contributed by atoms with Gasteiger partial charge < -0.3 is 29.6 Å². The predicted octanol–water partition coefficient (Wildman–Crippen LogP) is 7.16. The summed E-state index contributed by atoms with van der Waals surface area (Å²) in [5, 5.41) is 32.5. The van der Waals surface area contributed by atoms with Gasteiger partial charge >= 0.3 is 18.4 Å². The van der Waals surface area contributed by atoms with Gasteiger partial charge in [-0.05, 0) is 40.6 Å². The molecule has 1 aromatic rings. The van der Waals surface area contributed by atoms with E-state index in [4.69, 9.17) is 30.4 Å². The summed E-state index contributed by atoms with van der Waals surface area (Å²) >= 11 is 7.19. The van der Waals surface area contributed by atoms with Gasteiger partial charge in [-0.25, -0.2) is 14.4 Å². The number of piperidine rings is 1. The molecular weight excluding hydrogens is 624 g/mol. The van der Waals surface area contributed by atoms with Gasteiger partial charge in [0.05, 0.1) is 41.6 Å². The number of carboxylic acid groups (broad SMARTS) is 2. The van der Waals surface area contributed by atoms with Crippen LogP contribution in [-0.4, -0.2) is 69.3 Å². The number of hydrogen-bond acceptors (Lipinski definition) is 10. The molecule has 1 aliphatic rings. The summed E-state index contributed by atoms with van der Waals surface area (Å²) in [7, 11) is -1.10. The first-order chi connectivity index (χ1) is 20.4. The Hall–Kier alpha value is -3.41. The number of anilines is 2. The number of nitrogens with one attached hydrogen (secondary N) is 1. The van der Waals surface area contributed by atoms with Crippen LogP contribution < -0.4 is 15.4 Å². The van der Waals surface area contributed by atoms with Gasteiger partial charge in [-0.15, -0.1) is 0 Å². The highest BCUT2D eigenvalue weighted by Gasteiger charge is 2.45. The molecule has 252 valence electrons. The second kappa shape index (κ2) is 13.5. The maximum Gasteiger partial charge on any atom is 0.533 e. The van der Waals surface area contributed by atoms with Crippen molar-refractivity contribution in [3.8, 4) is 6.07 Å². The number of methoxy groups -OCH3 is 1. The molecule has 0 radical (unpaired) electrons. The van der Waals surface area contributed by atoms with Gasteiger partial charge in [0.15, 0.2) is 8.32 Å². The summed E-state index contributed by atoms with van der Waals surface area (Å²) in [5.74, 6) is 0. The number of alkyl carbamates (subject to hydrolysis) is 1. The molecule has 0 unspecified atom stereocenters. The molecule has 45 heavy (non-hydrogen) atoms. The van der Waals surface area contributed by atoms with Crippen molar-refractivity contribution in [1.29, 1.82) is 5.26 Å². The maximum atomic E-state index is 12.3. The third-order valence-electron chi connectivity index (χ3n) is 8.12. The number of ether oxygens (including phenoxy) is 1. The first-order valence-electron chi connectivity index (χ1n) is 14.6. The summed E-state index contributed by atoms with van der Waals surface area (Å²) < 4.78 is 11.7. The number of halogens is 1. The Kier molecular flexibility index (Phi) is 11.3. The molecule has 0 spiro atoms. The van der Waals surface area contributed by atoms with Crippen molar-refractivity contribution in [3.05, 3.63) is 21.7 Å². The Morgan fingerprint density at radius 2 is 1.51 bits per heavy atom.